The molecule has 2 aliphatic rings. The van der Waals surface area contributed by atoms with Crippen molar-refractivity contribution in [2.75, 3.05) is 7.11 Å². The summed E-state index contributed by atoms with van der Waals surface area (Å²) in [4.78, 5) is 24.3. The largest absolute Gasteiger partial charge is 0.497 e. The topological polar surface area (TPSA) is 67.4 Å². The molecule has 2 fully saturated rings. The molecule has 1 aromatic rings. The van der Waals surface area contributed by atoms with E-state index >= 15 is 0 Å². The van der Waals surface area contributed by atoms with Gasteiger partial charge in [-0.1, -0.05) is 25.5 Å². The zero-order chi connectivity index (χ0) is 17.8. The van der Waals surface area contributed by atoms with Gasteiger partial charge in [0.15, 0.2) is 0 Å². The number of hydrogen-bond donors (Lipinski definition) is 2. The number of benzene rings is 1. The molecule has 4 atom stereocenters. The van der Waals surface area contributed by atoms with Crippen molar-refractivity contribution in [2.24, 2.45) is 11.8 Å². The number of amides is 2. The summed E-state index contributed by atoms with van der Waals surface area (Å²) in [5.41, 5.74) is 0.947. The minimum atomic E-state index is 0.0332. The molecule has 25 heavy (non-hydrogen) atoms. The first-order valence-electron chi connectivity index (χ1n) is 9.30. The molecule has 1 saturated carbocycles. The number of carbonyl (C=O) groups excluding carboxylic acids is 2. The van der Waals surface area contributed by atoms with E-state index in [0.717, 1.165) is 37.0 Å². The fourth-order valence-electron chi connectivity index (χ4n) is 4.40. The molecule has 1 aliphatic carbocycles. The number of carbonyl (C=O) groups is 2. The summed E-state index contributed by atoms with van der Waals surface area (Å²) in [6, 6.07) is 7.96. The zero-order valence-corrected chi connectivity index (χ0v) is 15.1. The fraction of sp³-hybridized carbons (Fsp3) is 0.600. The molecule has 1 heterocycles. The van der Waals surface area contributed by atoms with E-state index in [-0.39, 0.29) is 23.9 Å². The Balaban J connectivity index is 1.55. The van der Waals surface area contributed by atoms with Crippen LogP contribution in [-0.4, -0.2) is 31.0 Å². The maximum atomic E-state index is 12.4. The molecule has 1 saturated heterocycles. The highest BCUT2D eigenvalue weighted by atomic mass is 16.5. The smallest absolute Gasteiger partial charge is 0.224 e. The zero-order valence-electron chi connectivity index (χ0n) is 15.1. The van der Waals surface area contributed by atoms with Crippen molar-refractivity contribution in [2.45, 2.75) is 57.5 Å². The predicted molar refractivity (Wildman–Crippen MR) is 96.3 cm³/mol. The van der Waals surface area contributed by atoms with Gasteiger partial charge in [0.25, 0.3) is 0 Å². The van der Waals surface area contributed by atoms with Crippen LogP contribution >= 0.6 is 0 Å². The minimum absolute atomic E-state index is 0.0332. The van der Waals surface area contributed by atoms with Gasteiger partial charge in [-0.3, -0.25) is 9.59 Å². The van der Waals surface area contributed by atoms with Crippen molar-refractivity contribution in [1.82, 2.24) is 10.6 Å². The monoisotopic (exact) mass is 344 g/mol. The van der Waals surface area contributed by atoms with Gasteiger partial charge >= 0.3 is 0 Å². The Morgan fingerprint density at radius 1 is 1.36 bits per heavy atom. The second-order valence-corrected chi connectivity index (χ2v) is 7.32. The maximum Gasteiger partial charge on any atom is 0.224 e. The lowest BCUT2D eigenvalue weighted by molar-refractivity contribution is -0.127. The summed E-state index contributed by atoms with van der Waals surface area (Å²) >= 11 is 0. The van der Waals surface area contributed by atoms with Gasteiger partial charge in [0, 0.05) is 18.5 Å². The summed E-state index contributed by atoms with van der Waals surface area (Å²) in [7, 11) is 1.62. The summed E-state index contributed by atoms with van der Waals surface area (Å²) < 4.78 is 5.20. The van der Waals surface area contributed by atoms with Crippen LogP contribution in [0.1, 0.15) is 44.6 Å². The highest BCUT2D eigenvalue weighted by Gasteiger charge is 2.40. The SMILES string of the molecule is CCC1CC(=O)NC2CC(NC(=O)Cc3cccc(OC)c3)CCC12. The fourth-order valence-corrected chi connectivity index (χ4v) is 4.40. The Kier molecular flexibility index (Phi) is 5.61. The van der Waals surface area contributed by atoms with Gasteiger partial charge in [-0.15, -0.1) is 0 Å². The molecule has 1 aromatic carbocycles. The lowest BCUT2D eigenvalue weighted by atomic mass is 9.70. The molecule has 0 bridgehead atoms. The van der Waals surface area contributed by atoms with Gasteiger partial charge in [0.2, 0.25) is 11.8 Å². The first kappa shape index (κ1) is 17.8. The summed E-state index contributed by atoms with van der Waals surface area (Å²) in [6.45, 7) is 2.17. The number of methoxy groups -OCH3 is 1. The Morgan fingerprint density at radius 3 is 2.96 bits per heavy atom. The molecule has 5 nitrogen and oxygen atoms in total. The average Bonchev–Trinajstić information content (AvgIpc) is 2.60. The molecule has 136 valence electrons. The molecule has 1 aliphatic heterocycles. The van der Waals surface area contributed by atoms with Crippen LogP contribution in [-0.2, 0) is 16.0 Å². The number of fused-ring (bicyclic) bond motifs is 1. The van der Waals surface area contributed by atoms with E-state index in [1.54, 1.807) is 7.11 Å². The van der Waals surface area contributed by atoms with Gasteiger partial charge in [0.1, 0.15) is 5.75 Å². The first-order valence-corrected chi connectivity index (χ1v) is 9.30. The Morgan fingerprint density at radius 2 is 2.20 bits per heavy atom. The molecule has 2 N–H and O–H groups in total. The second-order valence-electron chi connectivity index (χ2n) is 7.32. The highest BCUT2D eigenvalue weighted by Crippen LogP contribution is 2.36. The van der Waals surface area contributed by atoms with Crippen LogP contribution in [0.2, 0.25) is 0 Å². The van der Waals surface area contributed by atoms with Gasteiger partial charge in [-0.05, 0) is 48.8 Å². The van der Waals surface area contributed by atoms with Crippen LogP contribution in [0.25, 0.3) is 0 Å². The molecule has 5 heteroatoms. The number of hydrogen-bond acceptors (Lipinski definition) is 3. The molecule has 0 aromatic heterocycles. The highest BCUT2D eigenvalue weighted by molar-refractivity contribution is 5.79. The van der Waals surface area contributed by atoms with E-state index in [9.17, 15) is 9.59 Å². The minimum Gasteiger partial charge on any atom is -0.497 e. The average molecular weight is 344 g/mol. The second kappa shape index (κ2) is 7.89. The van der Waals surface area contributed by atoms with Crippen LogP contribution in [0.4, 0.5) is 0 Å². The van der Waals surface area contributed by atoms with E-state index in [1.807, 2.05) is 24.3 Å². The third-order valence-electron chi connectivity index (χ3n) is 5.69. The molecule has 0 spiro atoms. The van der Waals surface area contributed by atoms with Crippen molar-refractivity contribution in [1.29, 1.82) is 0 Å². The summed E-state index contributed by atoms with van der Waals surface area (Å²) in [6.07, 6.45) is 4.99. The third kappa shape index (κ3) is 4.33. The number of piperidine rings is 1. The summed E-state index contributed by atoms with van der Waals surface area (Å²) in [5.74, 6) is 2.02. The van der Waals surface area contributed by atoms with Gasteiger partial charge in [0.05, 0.1) is 13.5 Å². The first-order chi connectivity index (χ1) is 12.1. The molecular weight excluding hydrogens is 316 g/mol. The van der Waals surface area contributed by atoms with Crippen molar-refractivity contribution in [3.63, 3.8) is 0 Å². The van der Waals surface area contributed by atoms with Crippen LogP contribution in [0.3, 0.4) is 0 Å². The van der Waals surface area contributed by atoms with Crippen LogP contribution in [0.15, 0.2) is 24.3 Å². The molecule has 3 rings (SSSR count). The quantitative estimate of drug-likeness (QED) is 0.862. The Hall–Kier alpha value is -2.04. The van der Waals surface area contributed by atoms with Gasteiger partial charge < -0.3 is 15.4 Å². The number of rotatable bonds is 5. The van der Waals surface area contributed by atoms with Crippen LogP contribution in [0.5, 0.6) is 5.75 Å². The van der Waals surface area contributed by atoms with Crippen LogP contribution < -0.4 is 15.4 Å². The van der Waals surface area contributed by atoms with Crippen molar-refractivity contribution in [3.8, 4) is 5.75 Å². The molecule has 4 unspecified atom stereocenters. The van der Waals surface area contributed by atoms with Gasteiger partial charge in [-0.25, -0.2) is 0 Å². The predicted octanol–water partition coefficient (Wildman–Crippen LogP) is 2.44. The van der Waals surface area contributed by atoms with E-state index < -0.39 is 0 Å². The summed E-state index contributed by atoms with van der Waals surface area (Å²) in [5, 5.41) is 6.30. The lowest BCUT2D eigenvalue weighted by Crippen LogP contribution is -2.55. The van der Waals surface area contributed by atoms with Crippen molar-refractivity contribution in [3.05, 3.63) is 29.8 Å². The standard InChI is InChI=1S/C20H28N2O3/c1-3-14-11-20(24)22-18-12-15(7-8-17(14)18)21-19(23)10-13-5-4-6-16(9-13)25-2/h4-6,9,14-15,17-18H,3,7-8,10-12H2,1-2H3,(H,21,23)(H,22,24). The molecule has 0 radical (unpaired) electrons. The maximum absolute atomic E-state index is 12.4. The van der Waals surface area contributed by atoms with Crippen molar-refractivity contribution < 1.29 is 14.3 Å². The third-order valence-corrected chi connectivity index (χ3v) is 5.69. The van der Waals surface area contributed by atoms with E-state index in [4.69, 9.17) is 4.74 Å². The Bertz CT molecular complexity index is 631. The molecule has 2 amide bonds. The van der Waals surface area contributed by atoms with E-state index in [0.29, 0.717) is 24.7 Å². The van der Waals surface area contributed by atoms with E-state index in [2.05, 4.69) is 17.6 Å². The van der Waals surface area contributed by atoms with Crippen molar-refractivity contribution >= 4 is 11.8 Å². The van der Waals surface area contributed by atoms with Crippen LogP contribution in [0, 0.1) is 11.8 Å². The molecular formula is C20H28N2O3. The Labute approximate surface area is 149 Å². The van der Waals surface area contributed by atoms with E-state index in [1.165, 1.54) is 0 Å². The van der Waals surface area contributed by atoms with Gasteiger partial charge in [-0.2, -0.15) is 0 Å². The number of nitrogens with one attached hydrogen (secondary N) is 2. The number of ether oxygens (including phenoxy) is 1. The lowest BCUT2D eigenvalue weighted by Gasteiger charge is -2.44. The normalized spacial score (nSPS) is 28.6.